The molecule has 5 rings (SSSR count). The van der Waals surface area contributed by atoms with Crippen molar-refractivity contribution >= 4 is 67.3 Å². The molecule has 1 fully saturated rings. The second-order valence-corrected chi connectivity index (χ2v) is 10.1. The summed E-state index contributed by atoms with van der Waals surface area (Å²) < 4.78 is 33.1. The molecule has 0 aliphatic carbocycles. The fraction of sp³-hybridized carbons (Fsp3) is 0.115. The van der Waals surface area contributed by atoms with E-state index in [-0.39, 0.29) is 42.3 Å². The number of nitrogens with zero attached hydrogens (tertiary/aromatic N) is 2. The lowest BCUT2D eigenvalue weighted by Crippen LogP contribution is -2.29. The van der Waals surface area contributed by atoms with Crippen LogP contribution in [0.25, 0.3) is 16.0 Å². The lowest BCUT2D eigenvalue weighted by molar-refractivity contribution is -0.132. The predicted molar refractivity (Wildman–Crippen MR) is 139 cm³/mol. The Morgan fingerprint density at radius 2 is 1.76 bits per heavy atom. The van der Waals surface area contributed by atoms with E-state index in [1.54, 1.807) is 18.2 Å². The lowest BCUT2D eigenvalue weighted by atomic mass is 9.94. The van der Waals surface area contributed by atoms with Gasteiger partial charge < -0.3 is 9.84 Å². The molecule has 1 aliphatic rings. The van der Waals surface area contributed by atoms with Crippen LogP contribution in [0.4, 0.5) is 13.9 Å². The topological polar surface area (TPSA) is 79.7 Å². The third-order valence-corrected chi connectivity index (χ3v) is 7.48. The number of aliphatic hydroxyl groups is 1. The number of hydrogen-bond acceptors (Lipinski definition) is 6. The highest BCUT2D eigenvalue weighted by molar-refractivity contribution is 7.22. The number of carbonyl (C=O) groups is 2. The molecule has 0 bridgehead atoms. The summed E-state index contributed by atoms with van der Waals surface area (Å²) in [5, 5.41) is 11.5. The second-order valence-electron chi connectivity index (χ2n) is 8.29. The Morgan fingerprint density at radius 3 is 2.41 bits per heavy atom. The zero-order chi connectivity index (χ0) is 26.6. The number of benzene rings is 3. The Morgan fingerprint density at radius 1 is 1.08 bits per heavy atom. The summed E-state index contributed by atoms with van der Waals surface area (Å²) in [5.74, 6) is -4.40. The van der Waals surface area contributed by atoms with Crippen LogP contribution in [-0.2, 0) is 9.59 Å². The maximum absolute atomic E-state index is 13.8. The van der Waals surface area contributed by atoms with Crippen LogP contribution in [0.5, 0.6) is 5.75 Å². The predicted octanol–water partition coefficient (Wildman–Crippen LogP) is 6.82. The number of fused-ring (bicyclic) bond motifs is 1. The summed E-state index contributed by atoms with van der Waals surface area (Å²) in [6, 6.07) is 10.6. The number of rotatable bonds is 4. The zero-order valence-electron chi connectivity index (χ0n) is 19.2. The summed E-state index contributed by atoms with van der Waals surface area (Å²) in [7, 11) is 1.38. The van der Waals surface area contributed by atoms with Gasteiger partial charge in [-0.25, -0.2) is 13.8 Å². The van der Waals surface area contributed by atoms with Crippen LogP contribution in [0.2, 0.25) is 10.0 Å². The van der Waals surface area contributed by atoms with Gasteiger partial charge in [-0.3, -0.25) is 14.5 Å². The minimum Gasteiger partial charge on any atom is -0.507 e. The average molecular weight is 561 g/mol. The first-order chi connectivity index (χ1) is 17.6. The third-order valence-electron chi connectivity index (χ3n) is 5.90. The summed E-state index contributed by atoms with van der Waals surface area (Å²) in [6.07, 6.45) is 0. The molecule has 4 aromatic rings. The molecular weight excluding hydrogens is 545 g/mol. The molecule has 1 N–H and O–H groups in total. The van der Waals surface area contributed by atoms with Gasteiger partial charge in [-0.05, 0) is 30.7 Å². The van der Waals surface area contributed by atoms with Crippen molar-refractivity contribution < 1.29 is 28.2 Å². The summed E-state index contributed by atoms with van der Waals surface area (Å²) in [5.41, 5.74) is 1.36. The number of amides is 1. The number of anilines is 1. The van der Waals surface area contributed by atoms with E-state index in [4.69, 9.17) is 27.9 Å². The maximum Gasteiger partial charge on any atom is 0.301 e. The third kappa shape index (κ3) is 4.22. The van der Waals surface area contributed by atoms with Crippen LogP contribution in [0.1, 0.15) is 22.7 Å². The Bertz CT molecular complexity index is 1590. The van der Waals surface area contributed by atoms with E-state index in [0.29, 0.717) is 5.56 Å². The molecule has 1 atom stereocenters. The standard InChI is InChI=1S/C26H16Cl2F2N2O4S/c1-11-4-3-5-12(6-11)21-20(22(33)13-7-14(27)24(36-2)15(28)8-13)23(34)25(35)32(21)26-31-18-9-16(29)17(30)10-19(18)37-26/h3-10,21,33H,1-2H3/b22-20+. The first-order valence-corrected chi connectivity index (χ1v) is 12.3. The molecule has 0 radical (unpaired) electrons. The van der Waals surface area contributed by atoms with Gasteiger partial charge in [0.05, 0.1) is 39.0 Å². The molecule has 37 heavy (non-hydrogen) atoms. The van der Waals surface area contributed by atoms with Crippen molar-refractivity contribution in [2.75, 3.05) is 12.0 Å². The molecule has 11 heteroatoms. The molecule has 6 nitrogen and oxygen atoms in total. The number of aliphatic hydroxyl groups excluding tert-OH is 1. The van der Waals surface area contributed by atoms with E-state index in [0.717, 1.165) is 33.9 Å². The number of hydrogen-bond donors (Lipinski definition) is 1. The van der Waals surface area contributed by atoms with Gasteiger partial charge in [0.25, 0.3) is 5.78 Å². The van der Waals surface area contributed by atoms with Crippen molar-refractivity contribution in [1.82, 2.24) is 4.98 Å². The van der Waals surface area contributed by atoms with Gasteiger partial charge in [-0.2, -0.15) is 0 Å². The highest BCUT2D eigenvalue weighted by atomic mass is 35.5. The molecule has 1 amide bonds. The average Bonchev–Trinajstić information content (AvgIpc) is 3.36. The molecule has 1 saturated heterocycles. The van der Waals surface area contributed by atoms with Crippen molar-refractivity contribution in [2.45, 2.75) is 13.0 Å². The van der Waals surface area contributed by atoms with Crippen LogP contribution in [0, 0.1) is 18.6 Å². The van der Waals surface area contributed by atoms with Gasteiger partial charge in [0.2, 0.25) is 0 Å². The Hall–Kier alpha value is -3.53. The molecule has 1 unspecified atom stereocenters. The smallest absolute Gasteiger partial charge is 0.301 e. The first kappa shape index (κ1) is 25.1. The van der Waals surface area contributed by atoms with E-state index < -0.39 is 35.1 Å². The second kappa shape index (κ2) is 9.41. The summed E-state index contributed by atoms with van der Waals surface area (Å²) in [4.78, 5) is 32.1. The van der Waals surface area contributed by atoms with Crippen LogP contribution in [0.15, 0.2) is 54.1 Å². The zero-order valence-corrected chi connectivity index (χ0v) is 21.5. The van der Waals surface area contributed by atoms with Crippen molar-refractivity contribution in [2.24, 2.45) is 0 Å². The van der Waals surface area contributed by atoms with Gasteiger partial charge in [-0.15, -0.1) is 0 Å². The minimum absolute atomic E-state index is 0.0402. The molecule has 0 spiro atoms. The number of Topliss-reactive ketones (excluding diaryl/α,β-unsaturated/α-hetero) is 1. The Balaban J connectivity index is 1.75. The SMILES string of the molecule is COc1c(Cl)cc(/C(O)=C2\C(=O)C(=O)N(c3nc4cc(F)c(F)cc4s3)C2c2cccc(C)c2)cc1Cl. The number of halogens is 4. The number of carbonyl (C=O) groups excluding carboxylic acids is 2. The summed E-state index contributed by atoms with van der Waals surface area (Å²) >= 11 is 13.4. The maximum atomic E-state index is 13.8. The van der Waals surface area contributed by atoms with Crippen molar-refractivity contribution in [3.63, 3.8) is 0 Å². The Kier molecular flexibility index (Phi) is 6.39. The van der Waals surface area contributed by atoms with E-state index in [2.05, 4.69) is 4.98 Å². The number of ether oxygens (including phenoxy) is 1. The van der Waals surface area contributed by atoms with E-state index in [1.807, 2.05) is 13.0 Å². The lowest BCUT2D eigenvalue weighted by Gasteiger charge is -2.23. The highest BCUT2D eigenvalue weighted by Gasteiger charge is 2.48. The van der Waals surface area contributed by atoms with Crippen LogP contribution >= 0.6 is 34.5 Å². The van der Waals surface area contributed by atoms with Gasteiger partial charge in [0.1, 0.15) is 5.76 Å². The van der Waals surface area contributed by atoms with E-state index in [9.17, 15) is 23.5 Å². The molecule has 3 aromatic carbocycles. The quantitative estimate of drug-likeness (QED) is 0.168. The number of aryl methyl sites for hydroxylation is 1. The van der Waals surface area contributed by atoms with E-state index in [1.165, 1.54) is 19.2 Å². The van der Waals surface area contributed by atoms with Gasteiger partial charge >= 0.3 is 5.91 Å². The van der Waals surface area contributed by atoms with Crippen LogP contribution < -0.4 is 9.64 Å². The number of thiazole rings is 1. The minimum atomic E-state index is -1.09. The van der Waals surface area contributed by atoms with Gasteiger partial charge in [-0.1, -0.05) is 64.4 Å². The van der Waals surface area contributed by atoms with Crippen molar-refractivity contribution in [3.05, 3.63) is 92.5 Å². The monoisotopic (exact) mass is 560 g/mol. The fourth-order valence-electron chi connectivity index (χ4n) is 4.25. The molecular formula is C26H16Cl2F2N2O4S. The van der Waals surface area contributed by atoms with Gasteiger partial charge in [0.15, 0.2) is 22.5 Å². The van der Waals surface area contributed by atoms with Gasteiger partial charge in [0, 0.05) is 11.6 Å². The highest BCUT2D eigenvalue weighted by Crippen LogP contribution is 2.45. The number of aromatic nitrogens is 1. The van der Waals surface area contributed by atoms with Crippen LogP contribution in [0.3, 0.4) is 0 Å². The molecule has 2 heterocycles. The fourth-order valence-corrected chi connectivity index (χ4v) is 5.89. The molecule has 1 aliphatic heterocycles. The largest absolute Gasteiger partial charge is 0.507 e. The number of methoxy groups -OCH3 is 1. The molecule has 0 saturated carbocycles. The van der Waals surface area contributed by atoms with Crippen LogP contribution in [-0.4, -0.2) is 28.9 Å². The normalized spacial score (nSPS) is 17.1. The Labute approximate surface area is 223 Å². The summed E-state index contributed by atoms with van der Waals surface area (Å²) in [6.45, 7) is 1.84. The van der Waals surface area contributed by atoms with E-state index >= 15 is 0 Å². The molecule has 1 aromatic heterocycles. The van der Waals surface area contributed by atoms with Crippen molar-refractivity contribution in [3.8, 4) is 5.75 Å². The number of ketones is 1. The van der Waals surface area contributed by atoms with Crippen molar-refractivity contribution in [1.29, 1.82) is 0 Å². The first-order valence-electron chi connectivity index (χ1n) is 10.8. The molecule has 188 valence electrons.